The van der Waals surface area contributed by atoms with E-state index in [1.807, 2.05) is 6.92 Å². The van der Waals surface area contributed by atoms with Gasteiger partial charge in [-0.25, -0.2) is 0 Å². The van der Waals surface area contributed by atoms with Gasteiger partial charge in [-0.1, -0.05) is 39.5 Å². The Bertz CT molecular complexity index is 710. The summed E-state index contributed by atoms with van der Waals surface area (Å²) >= 11 is 2.52. The molecule has 4 heteroatoms. The molecule has 138 valence electrons. The van der Waals surface area contributed by atoms with Crippen molar-refractivity contribution >= 4 is 22.6 Å². The molecule has 0 aromatic rings. The van der Waals surface area contributed by atoms with E-state index < -0.39 is 12.2 Å². The fourth-order valence-corrected chi connectivity index (χ4v) is 7.09. The zero-order chi connectivity index (χ0) is 16.9. The molecule has 0 aromatic heterocycles. The van der Waals surface area contributed by atoms with Crippen LogP contribution in [0.2, 0.25) is 0 Å². The summed E-state index contributed by atoms with van der Waals surface area (Å²) in [5, 5.41) is 21.0. The fraction of sp³-hybridized carbons (Fsp3) is 0.714. The maximum atomic E-state index is 10.7. The fourth-order valence-electron chi connectivity index (χ4n) is 6.24. The summed E-state index contributed by atoms with van der Waals surface area (Å²) in [6.07, 6.45) is 10.4. The Morgan fingerprint density at radius 3 is 2.76 bits per heavy atom. The van der Waals surface area contributed by atoms with Gasteiger partial charge in [0.2, 0.25) is 0 Å². The van der Waals surface area contributed by atoms with E-state index in [0.717, 1.165) is 37.7 Å². The van der Waals surface area contributed by atoms with E-state index in [9.17, 15) is 10.2 Å². The number of hydrogen-bond donors (Lipinski definition) is 2. The minimum Gasteiger partial charge on any atom is -0.390 e. The van der Waals surface area contributed by atoms with E-state index in [1.165, 1.54) is 9.15 Å². The molecule has 0 amide bonds. The third kappa shape index (κ3) is 2.03. The van der Waals surface area contributed by atoms with E-state index in [0.29, 0.717) is 5.92 Å². The number of ether oxygens (including phenoxy) is 1. The number of allylic oxidation sites excluding steroid dienone is 3. The van der Waals surface area contributed by atoms with Crippen molar-refractivity contribution in [1.29, 1.82) is 0 Å². The molecule has 2 fully saturated rings. The largest absolute Gasteiger partial charge is 0.390 e. The third-order valence-electron chi connectivity index (χ3n) is 7.64. The second kappa shape index (κ2) is 5.43. The lowest BCUT2D eigenvalue weighted by Gasteiger charge is -2.54. The first-order chi connectivity index (χ1) is 11.3. The van der Waals surface area contributed by atoms with Gasteiger partial charge in [0.15, 0.2) is 0 Å². The summed E-state index contributed by atoms with van der Waals surface area (Å²) in [6.45, 7) is 4.42. The zero-order valence-corrected chi connectivity index (χ0v) is 16.4. The molecule has 5 rings (SSSR count). The summed E-state index contributed by atoms with van der Waals surface area (Å²) < 4.78 is 8.43. The maximum absolute atomic E-state index is 10.7. The van der Waals surface area contributed by atoms with Crippen LogP contribution < -0.4 is 0 Å². The van der Waals surface area contributed by atoms with Gasteiger partial charge in [-0.2, -0.15) is 0 Å². The lowest BCUT2D eigenvalue weighted by atomic mass is 9.61. The first-order valence-corrected chi connectivity index (χ1v) is 10.3. The zero-order valence-electron chi connectivity index (χ0n) is 14.3. The topological polar surface area (TPSA) is 49.7 Å². The van der Waals surface area contributed by atoms with E-state index in [4.69, 9.17) is 4.74 Å². The summed E-state index contributed by atoms with van der Waals surface area (Å²) in [5.74, 6) is 0.558. The number of rotatable bonds is 0. The Morgan fingerprint density at radius 1 is 1.24 bits per heavy atom. The van der Waals surface area contributed by atoms with Crippen LogP contribution in [0.25, 0.3) is 0 Å². The van der Waals surface area contributed by atoms with Crippen LogP contribution in [-0.2, 0) is 4.74 Å². The average Bonchev–Trinajstić information content (AvgIpc) is 3.02. The molecule has 2 bridgehead atoms. The molecule has 7 atom stereocenters. The van der Waals surface area contributed by atoms with Crippen molar-refractivity contribution in [2.24, 2.45) is 17.3 Å². The van der Waals surface area contributed by atoms with Gasteiger partial charge < -0.3 is 14.9 Å². The smallest absolute Gasteiger partial charge is 0.104 e. The minimum atomic E-state index is -0.791. The molecule has 2 N–H and O–H groups in total. The Kier molecular flexibility index (Phi) is 3.95. The number of halogens is 1. The van der Waals surface area contributed by atoms with Gasteiger partial charge in [-0.05, 0) is 75.3 Å². The molecule has 0 aromatic carbocycles. The lowest BCUT2D eigenvalue weighted by Crippen LogP contribution is -2.57. The quantitative estimate of drug-likeness (QED) is 0.535. The summed E-state index contributed by atoms with van der Waals surface area (Å²) in [4.78, 5) is 0. The molecule has 5 aliphatic rings. The molecular weight excluding hydrogens is 427 g/mol. The van der Waals surface area contributed by atoms with Crippen molar-refractivity contribution in [3.8, 4) is 0 Å². The molecule has 2 heterocycles. The van der Waals surface area contributed by atoms with Crippen LogP contribution in [0.15, 0.2) is 33.0 Å². The van der Waals surface area contributed by atoms with Crippen molar-refractivity contribution in [2.45, 2.75) is 76.8 Å². The van der Waals surface area contributed by atoms with Crippen molar-refractivity contribution in [3.05, 3.63) is 33.0 Å². The molecular formula is C21H29IO3. The first kappa shape index (κ1) is 18.2. The van der Waals surface area contributed by atoms with E-state index in [1.54, 1.807) is 0 Å². The van der Waals surface area contributed by atoms with Crippen LogP contribution in [0.4, 0.5) is 0 Å². The number of aliphatic hydroxyl groups excluding tert-OH is 2. The first-order valence-electron chi connectivity index (χ1n) is 9.18. The number of aliphatic hydroxyl groups is 2. The number of fused-ring (bicyclic) bond motifs is 1. The summed E-state index contributed by atoms with van der Waals surface area (Å²) in [7, 11) is 0. The maximum Gasteiger partial charge on any atom is 0.104 e. The van der Waals surface area contributed by atoms with Gasteiger partial charge in [0.05, 0.1) is 17.3 Å². The van der Waals surface area contributed by atoms with Gasteiger partial charge in [0.25, 0.3) is 0 Å². The van der Waals surface area contributed by atoms with Gasteiger partial charge in [0.1, 0.15) is 6.10 Å². The molecule has 0 unspecified atom stereocenters. The molecule has 1 saturated heterocycles. The van der Waals surface area contributed by atoms with Crippen molar-refractivity contribution < 1.29 is 14.9 Å². The van der Waals surface area contributed by atoms with Crippen molar-refractivity contribution in [1.82, 2.24) is 0 Å². The van der Waals surface area contributed by atoms with Gasteiger partial charge in [0, 0.05) is 11.3 Å². The Balaban J connectivity index is 0.00000157. The second-order valence-corrected chi connectivity index (χ2v) is 9.99. The Morgan fingerprint density at radius 2 is 2.00 bits per heavy atom. The normalized spacial score (nSPS) is 52.9. The van der Waals surface area contributed by atoms with Crippen LogP contribution in [0, 0.1) is 17.3 Å². The van der Waals surface area contributed by atoms with Crippen LogP contribution >= 0.6 is 22.6 Å². The van der Waals surface area contributed by atoms with E-state index in [2.05, 4.69) is 47.7 Å². The van der Waals surface area contributed by atoms with E-state index >= 15 is 0 Å². The highest BCUT2D eigenvalue weighted by molar-refractivity contribution is 14.1. The molecule has 25 heavy (non-hydrogen) atoms. The van der Waals surface area contributed by atoms with Crippen molar-refractivity contribution in [2.75, 3.05) is 0 Å². The monoisotopic (exact) mass is 456 g/mol. The number of hydrogen-bond acceptors (Lipinski definition) is 3. The standard InChI is InChI=1S/C20H25IO3.CH4/c1-11-10-19-7-8-20(24-19)12(9-13(19)17(23)16(11)22)5-6-18(2)14(20)3-4-15(18)21;/h4-5,9,11,14,16-17,22-23H,3,6-8,10H2,1-2H3;1H4/t11-,14+,16+,17+,18-,19+,20+;/m0./s1. The molecule has 1 saturated carbocycles. The predicted molar refractivity (Wildman–Crippen MR) is 107 cm³/mol. The van der Waals surface area contributed by atoms with Crippen LogP contribution in [-0.4, -0.2) is 33.6 Å². The highest BCUT2D eigenvalue weighted by Gasteiger charge is 2.66. The molecule has 3 nitrogen and oxygen atoms in total. The second-order valence-electron chi connectivity index (χ2n) is 8.82. The van der Waals surface area contributed by atoms with E-state index in [-0.39, 0.29) is 30.0 Å². The third-order valence-corrected chi connectivity index (χ3v) is 9.31. The molecule has 3 aliphatic carbocycles. The predicted octanol–water partition coefficient (Wildman–Crippen LogP) is 4.29. The highest BCUT2D eigenvalue weighted by Crippen LogP contribution is 2.67. The van der Waals surface area contributed by atoms with Crippen LogP contribution in [0.1, 0.15) is 53.4 Å². The Hall–Kier alpha value is -0.170. The molecule has 2 spiro atoms. The van der Waals surface area contributed by atoms with Crippen LogP contribution in [0.3, 0.4) is 0 Å². The highest BCUT2D eigenvalue weighted by atomic mass is 127. The lowest BCUT2D eigenvalue weighted by molar-refractivity contribution is -0.159. The molecule has 2 aliphatic heterocycles. The molecule has 0 radical (unpaired) electrons. The SMILES string of the molecule is C.C[C@H]1C[C@@]23CC[C@@]4(O2)C(=CC[C@]2(C)C(I)=CC[C@H]24)C=C3[C@@H](O)[C@@H]1O. The van der Waals surface area contributed by atoms with Crippen molar-refractivity contribution in [3.63, 3.8) is 0 Å². The van der Waals surface area contributed by atoms with Gasteiger partial charge >= 0.3 is 0 Å². The van der Waals surface area contributed by atoms with Gasteiger partial charge in [-0.3, -0.25) is 0 Å². The minimum absolute atomic E-state index is 0. The van der Waals surface area contributed by atoms with Crippen LogP contribution in [0.5, 0.6) is 0 Å². The van der Waals surface area contributed by atoms with Gasteiger partial charge in [-0.15, -0.1) is 0 Å². The average molecular weight is 456 g/mol. The summed E-state index contributed by atoms with van der Waals surface area (Å²) in [6, 6.07) is 0. The Labute approximate surface area is 164 Å². The summed E-state index contributed by atoms with van der Waals surface area (Å²) in [5.41, 5.74) is 1.83.